The van der Waals surface area contributed by atoms with Crippen molar-refractivity contribution >= 4 is 29.2 Å². The number of hydrogen-bond acceptors (Lipinski definition) is 2. The van der Waals surface area contributed by atoms with Crippen molar-refractivity contribution in [2.75, 3.05) is 7.05 Å². The zero-order valence-corrected chi connectivity index (χ0v) is 6.79. The second-order valence-electron chi connectivity index (χ2n) is 0.995. The fourth-order valence-electron chi connectivity index (χ4n) is 0.160. The van der Waals surface area contributed by atoms with Crippen molar-refractivity contribution in [3.8, 4) is 0 Å². The van der Waals surface area contributed by atoms with Crippen LogP contribution in [-0.4, -0.2) is 16.5 Å². The molecule has 0 bridgehead atoms. The van der Waals surface area contributed by atoms with Crippen LogP contribution in [0.3, 0.4) is 0 Å². The van der Waals surface area contributed by atoms with Crippen LogP contribution in [0.2, 0.25) is 0 Å². The Kier molecular flexibility index (Phi) is 4.73. The monoisotopic (exact) mass is 225 g/mol. The molecule has 0 rings (SSSR count). The number of hydrogen-bond donors (Lipinski definition) is 1. The van der Waals surface area contributed by atoms with Crippen LogP contribution in [0.1, 0.15) is 0 Å². The normalized spacial score (nSPS) is 9.25. The molecule has 0 aliphatic carbocycles. The van der Waals surface area contributed by atoms with Crippen molar-refractivity contribution in [2.45, 2.75) is 0 Å². The summed E-state index contributed by atoms with van der Waals surface area (Å²) in [6, 6.07) is 0. The van der Waals surface area contributed by atoms with Gasteiger partial charge in [0.1, 0.15) is 6.34 Å². The third kappa shape index (κ3) is 3.91. The summed E-state index contributed by atoms with van der Waals surface area (Å²) >= 11 is 2.05. The largest absolute Gasteiger partial charge is 0.312 e. The van der Waals surface area contributed by atoms with Crippen molar-refractivity contribution in [1.82, 2.24) is 8.54 Å². The van der Waals surface area contributed by atoms with E-state index in [2.05, 4.69) is 40.0 Å². The molecule has 3 nitrogen and oxygen atoms in total. The molecular formula is C4H8IN3. The zero-order valence-electron chi connectivity index (χ0n) is 4.63. The first kappa shape index (κ1) is 7.74. The van der Waals surface area contributed by atoms with Gasteiger partial charge in [0.15, 0.2) is 0 Å². The highest BCUT2D eigenvalue weighted by Crippen LogP contribution is 1.91. The lowest BCUT2D eigenvalue weighted by atomic mass is 11.0. The Bertz CT molecular complexity index is 91.3. The molecule has 0 unspecified atom stereocenters. The van der Waals surface area contributed by atoms with Crippen molar-refractivity contribution in [2.24, 2.45) is 5.10 Å². The molecule has 0 saturated heterocycles. The van der Waals surface area contributed by atoms with Gasteiger partial charge in [-0.2, -0.15) is 5.10 Å². The third-order valence-corrected chi connectivity index (χ3v) is 1.11. The summed E-state index contributed by atoms with van der Waals surface area (Å²) in [6.45, 7) is 3.51. The predicted molar refractivity (Wildman–Crippen MR) is 43.6 cm³/mol. The van der Waals surface area contributed by atoms with E-state index in [9.17, 15) is 0 Å². The lowest BCUT2D eigenvalue weighted by Crippen LogP contribution is -2.02. The minimum absolute atomic E-state index is 1.62. The van der Waals surface area contributed by atoms with E-state index in [1.54, 1.807) is 22.7 Å². The fraction of sp³-hybridized carbons (Fsp3) is 0.250. The van der Waals surface area contributed by atoms with Gasteiger partial charge in [0.25, 0.3) is 0 Å². The smallest absolute Gasteiger partial charge is 0.124 e. The van der Waals surface area contributed by atoms with Gasteiger partial charge in [-0.05, 0) is 0 Å². The van der Waals surface area contributed by atoms with Gasteiger partial charge in [0.2, 0.25) is 0 Å². The minimum Gasteiger partial charge on any atom is -0.312 e. The highest BCUT2D eigenvalue weighted by Gasteiger charge is 1.77. The molecule has 0 atom stereocenters. The van der Waals surface area contributed by atoms with Crippen LogP contribution in [0.25, 0.3) is 0 Å². The van der Waals surface area contributed by atoms with Gasteiger partial charge in [0.05, 0.1) is 22.9 Å². The summed E-state index contributed by atoms with van der Waals surface area (Å²) in [6.07, 6.45) is 3.27. The Labute approximate surface area is 62.9 Å². The SMILES string of the molecule is C=CN(I)/C=N\NC. The number of nitrogens with one attached hydrogen (secondary N) is 1. The Morgan fingerprint density at radius 3 is 2.88 bits per heavy atom. The molecule has 0 fully saturated rings. The molecule has 4 heteroatoms. The fourth-order valence-corrected chi connectivity index (χ4v) is 0.285. The van der Waals surface area contributed by atoms with Crippen LogP contribution in [0, 0.1) is 0 Å². The molecule has 0 aliphatic heterocycles. The maximum Gasteiger partial charge on any atom is 0.124 e. The van der Waals surface area contributed by atoms with Crippen LogP contribution in [0.5, 0.6) is 0 Å². The summed E-state index contributed by atoms with van der Waals surface area (Å²) in [5.74, 6) is 0. The molecule has 0 saturated carbocycles. The number of hydrazone groups is 1. The highest BCUT2D eigenvalue weighted by molar-refractivity contribution is 14.1. The maximum absolute atomic E-state index is 3.71. The van der Waals surface area contributed by atoms with Gasteiger partial charge in [-0.25, -0.2) is 0 Å². The van der Waals surface area contributed by atoms with E-state index in [0.29, 0.717) is 0 Å². The molecule has 0 amide bonds. The van der Waals surface area contributed by atoms with E-state index in [1.807, 2.05) is 0 Å². The van der Waals surface area contributed by atoms with Crippen LogP contribution in [0.15, 0.2) is 17.9 Å². The first-order valence-electron chi connectivity index (χ1n) is 2.08. The van der Waals surface area contributed by atoms with Crippen LogP contribution >= 0.6 is 22.9 Å². The van der Waals surface area contributed by atoms with Crippen molar-refractivity contribution in [3.05, 3.63) is 12.8 Å². The molecule has 0 heterocycles. The van der Waals surface area contributed by atoms with Crippen molar-refractivity contribution in [3.63, 3.8) is 0 Å². The molecule has 0 aromatic heterocycles. The van der Waals surface area contributed by atoms with Crippen molar-refractivity contribution in [1.29, 1.82) is 0 Å². The van der Waals surface area contributed by atoms with Gasteiger partial charge < -0.3 is 5.43 Å². The number of nitrogens with zero attached hydrogens (tertiary/aromatic N) is 2. The first-order valence-corrected chi connectivity index (χ1v) is 3.04. The maximum atomic E-state index is 3.71. The quantitative estimate of drug-likeness (QED) is 0.254. The molecule has 0 aromatic carbocycles. The Morgan fingerprint density at radius 2 is 2.50 bits per heavy atom. The number of halogens is 1. The average molecular weight is 225 g/mol. The van der Waals surface area contributed by atoms with E-state index >= 15 is 0 Å². The standard InChI is InChI=1S/C4H8IN3/c1-3-8(5)4-7-6-2/h3-4,6H,1H2,2H3/b7-4-. The Morgan fingerprint density at radius 1 is 1.88 bits per heavy atom. The third-order valence-electron chi connectivity index (χ3n) is 0.472. The Balaban J connectivity index is 3.35. The van der Waals surface area contributed by atoms with Crippen LogP contribution < -0.4 is 5.43 Å². The first-order chi connectivity index (χ1) is 3.81. The van der Waals surface area contributed by atoms with Gasteiger partial charge in [-0.3, -0.25) is 3.11 Å². The van der Waals surface area contributed by atoms with Crippen LogP contribution in [-0.2, 0) is 0 Å². The molecule has 0 spiro atoms. The van der Waals surface area contributed by atoms with Crippen molar-refractivity contribution < 1.29 is 0 Å². The van der Waals surface area contributed by atoms with Gasteiger partial charge in [-0.1, -0.05) is 6.58 Å². The van der Waals surface area contributed by atoms with Gasteiger partial charge in [-0.15, -0.1) is 0 Å². The van der Waals surface area contributed by atoms with Crippen LogP contribution in [0.4, 0.5) is 0 Å². The summed E-state index contributed by atoms with van der Waals surface area (Å²) in [5, 5.41) is 3.71. The molecule has 0 aliphatic rings. The zero-order chi connectivity index (χ0) is 6.41. The van der Waals surface area contributed by atoms with E-state index in [1.165, 1.54) is 0 Å². The minimum atomic E-state index is 1.62. The summed E-state index contributed by atoms with van der Waals surface area (Å²) in [4.78, 5) is 0. The molecular weight excluding hydrogens is 217 g/mol. The summed E-state index contributed by atoms with van der Waals surface area (Å²) < 4.78 is 1.72. The van der Waals surface area contributed by atoms with E-state index < -0.39 is 0 Å². The lowest BCUT2D eigenvalue weighted by molar-refractivity contribution is 0.876. The summed E-state index contributed by atoms with van der Waals surface area (Å²) in [5.41, 5.74) is 2.61. The predicted octanol–water partition coefficient (Wildman–Crippen LogP) is 0.945. The molecule has 1 N–H and O–H groups in total. The molecule has 0 radical (unpaired) electrons. The second kappa shape index (κ2) is 4.89. The Hall–Kier alpha value is -0.260. The molecule has 46 valence electrons. The lowest BCUT2D eigenvalue weighted by Gasteiger charge is -1.98. The number of rotatable bonds is 3. The second-order valence-corrected chi connectivity index (χ2v) is 2.11. The van der Waals surface area contributed by atoms with Gasteiger partial charge >= 0.3 is 0 Å². The van der Waals surface area contributed by atoms with E-state index in [0.717, 1.165) is 0 Å². The topological polar surface area (TPSA) is 27.6 Å². The highest BCUT2D eigenvalue weighted by atomic mass is 127. The summed E-state index contributed by atoms with van der Waals surface area (Å²) in [7, 11) is 1.74. The van der Waals surface area contributed by atoms with Gasteiger partial charge in [0, 0.05) is 13.2 Å². The van der Waals surface area contributed by atoms with E-state index in [4.69, 9.17) is 0 Å². The average Bonchev–Trinajstić information content (AvgIpc) is 1.83. The van der Waals surface area contributed by atoms with E-state index in [-0.39, 0.29) is 0 Å². The molecule has 8 heavy (non-hydrogen) atoms. The molecule has 0 aromatic rings.